The van der Waals surface area contributed by atoms with Crippen LogP contribution in [0.1, 0.15) is 48.1 Å². The van der Waals surface area contributed by atoms with Gasteiger partial charge in [0.15, 0.2) is 0 Å². The standard InChI is InChI=1S/C28H33N3O2S/c1-19-25(14-15-29-16-20-8-4-3-5-9-20)34-27-26(19)28(32)31(18-30-27)17-23-22-11-7-6-10-21(22)12-13-24(23)33-2/h6-7,10-13,18,20,29H,3-5,8-9,14-17H2,1-2H3. The zero-order valence-corrected chi connectivity index (χ0v) is 20.9. The Labute approximate surface area is 204 Å². The number of aryl methyl sites for hydroxylation is 1. The molecule has 1 N–H and O–H groups in total. The van der Waals surface area contributed by atoms with E-state index in [2.05, 4.69) is 35.4 Å². The van der Waals surface area contributed by atoms with Crippen molar-refractivity contribution in [3.63, 3.8) is 0 Å². The Bertz CT molecular complexity index is 1350. The van der Waals surface area contributed by atoms with E-state index >= 15 is 0 Å². The first-order valence-electron chi connectivity index (χ1n) is 12.4. The molecule has 0 aliphatic heterocycles. The van der Waals surface area contributed by atoms with Gasteiger partial charge in [0.25, 0.3) is 5.56 Å². The van der Waals surface area contributed by atoms with Crippen LogP contribution in [0.25, 0.3) is 21.0 Å². The van der Waals surface area contributed by atoms with Crippen LogP contribution in [-0.4, -0.2) is 29.8 Å². The van der Waals surface area contributed by atoms with Gasteiger partial charge in [-0.1, -0.05) is 49.6 Å². The molecule has 2 heterocycles. The van der Waals surface area contributed by atoms with Crippen LogP contribution in [0.4, 0.5) is 0 Å². The van der Waals surface area contributed by atoms with Gasteiger partial charge in [-0.15, -0.1) is 11.3 Å². The maximum Gasteiger partial charge on any atom is 0.262 e. The van der Waals surface area contributed by atoms with E-state index < -0.39 is 0 Å². The summed E-state index contributed by atoms with van der Waals surface area (Å²) in [6.45, 7) is 4.56. The molecule has 178 valence electrons. The molecule has 1 fully saturated rings. The quantitative estimate of drug-likeness (QED) is 0.333. The smallest absolute Gasteiger partial charge is 0.262 e. The van der Waals surface area contributed by atoms with Crippen LogP contribution in [-0.2, 0) is 13.0 Å². The Balaban J connectivity index is 1.37. The van der Waals surface area contributed by atoms with Crippen molar-refractivity contribution in [1.29, 1.82) is 0 Å². The predicted octanol–water partition coefficient (Wildman–Crippen LogP) is 5.69. The summed E-state index contributed by atoms with van der Waals surface area (Å²) in [7, 11) is 1.68. The first-order chi connectivity index (χ1) is 16.7. The lowest BCUT2D eigenvalue weighted by molar-refractivity contribution is 0.343. The Hall–Kier alpha value is -2.70. The van der Waals surface area contributed by atoms with Crippen molar-refractivity contribution in [2.75, 3.05) is 20.2 Å². The van der Waals surface area contributed by atoms with Gasteiger partial charge in [0, 0.05) is 10.4 Å². The van der Waals surface area contributed by atoms with Gasteiger partial charge in [0.2, 0.25) is 0 Å². The monoisotopic (exact) mass is 475 g/mol. The molecule has 5 rings (SSSR count). The summed E-state index contributed by atoms with van der Waals surface area (Å²) in [5.41, 5.74) is 2.11. The first kappa shape index (κ1) is 23.1. The molecule has 0 bridgehead atoms. The second-order valence-electron chi connectivity index (χ2n) is 9.43. The number of rotatable bonds is 8. The molecule has 6 heteroatoms. The third kappa shape index (κ3) is 4.62. The third-order valence-corrected chi connectivity index (χ3v) is 8.51. The number of aromatic nitrogens is 2. The highest BCUT2D eigenvalue weighted by atomic mass is 32.1. The minimum absolute atomic E-state index is 0.0233. The van der Waals surface area contributed by atoms with Crippen LogP contribution in [0.2, 0.25) is 0 Å². The minimum atomic E-state index is 0.0233. The van der Waals surface area contributed by atoms with E-state index in [9.17, 15) is 4.79 Å². The third-order valence-electron chi connectivity index (χ3n) is 7.25. The molecule has 0 atom stereocenters. The molecule has 0 amide bonds. The van der Waals surface area contributed by atoms with E-state index in [1.165, 1.54) is 37.0 Å². The van der Waals surface area contributed by atoms with Crippen LogP contribution >= 0.6 is 11.3 Å². The number of benzene rings is 2. The number of methoxy groups -OCH3 is 1. The van der Waals surface area contributed by atoms with Gasteiger partial charge in [-0.2, -0.15) is 0 Å². The van der Waals surface area contributed by atoms with Gasteiger partial charge in [-0.25, -0.2) is 4.98 Å². The number of ether oxygens (including phenoxy) is 1. The second kappa shape index (κ2) is 10.3. The number of fused-ring (bicyclic) bond motifs is 2. The highest BCUT2D eigenvalue weighted by Gasteiger charge is 2.17. The van der Waals surface area contributed by atoms with Crippen LogP contribution in [0, 0.1) is 12.8 Å². The Morgan fingerprint density at radius 2 is 1.97 bits per heavy atom. The van der Waals surface area contributed by atoms with Crippen LogP contribution in [0.15, 0.2) is 47.5 Å². The zero-order chi connectivity index (χ0) is 23.5. The first-order valence-corrected chi connectivity index (χ1v) is 13.2. The maximum absolute atomic E-state index is 13.5. The summed E-state index contributed by atoms with van der Waals surface area (Å²) in [4.78, 5) is 20.3. The van der Waals surface area contributed by atoms with Crippen molar-refractivity contribution in [2.45, 2.75) is 52.0 Å². The Kier molecular flexibility index (Phi) is 6.97. The number of hydrogen-bond acceptors (Lipinski definition) is 5. The molecular weight excluding hydrogens is 442 g/mol. The number of nitrogens with zero attached hydrogens (tertiary/aromatic N) is 2. The fourth-order valence-electron chi connectivity index (χ4n) is 5.30. The van der Waals surface area contributed by atoms with Crippen LogP contribution in [0.5, 0.6) is 5.75 Å². The van der Waals surface area contributed by atoms with Crippen molar-refractivity contribution >= 4 is 32.3 Å². The SMILES string of the molecule is COc1ccc2ccccc2c1Cn1cnc2sc(CCNCC3CCCCC3)c(C)c2c1=O. The Morgan fingerprint density at radius 3 is 2.79 bits per heavy atom. The molecule has 1 aliphatic rings. The summed E-state index contributed by atoms with van der Waals surface area (Å²) >= 11 is 1.66. The van der Waals surface area contributed by atoms with Crippen LogP contribution in [0.3, 0.4) is 0 Å². The molecule has 34 heavy (non-hydrogen) atoms. The topological polar surface area (TPSA) is 56.1 Å². The number of nitrogens with one attached hydrogen (secondary N) is 1. The lowest BCUT2D eigenvalue weighted by Crippen LogP contribution is -2.26. The lowest BCUT2D eigenvalue weighted by atomic mass is 9.89. The second-order valence-corrected chi connectivity index (χ2v) is 10.5. The highest BCUT2D eigenvalue weighted by Crippen LogP contribution is 2.30. The van der Waals surface area contributed by atoms with E-state index in [0.717, 1.165) is 63.3 Å². The zero-order valence-electron chi connectivity index (χ0n) is 20.1. The van der Waals surface area contributed by atoms with Gasteiger partial charge in [0.05, 0.1) is 25.4 Å². The lowest BCUT2D eigenvalue weighted by Gasteiger charge is -2.21. The minimum Gasteiger partial charge on any atom is -0.496 e. The largest absolute Gasteiger partial charge is 0.496 e. The summed E-state index contributed by atoms with van der Waals surface area (Å²) in [5.74, 6) is 1.62. The molecule has 1 saturated carbocycles. The number of thiophene rings is 1. The van der Waals surface area contributed by atoms with Crippen molar-refractivity contribution in [2.24, 2.45) is 5.92 Å². The molecule has 0 radical (unpaired) electrons. The van der Waals surface area contributed by atoms with E-state index in [1.807, 2.05) is 18.2 Å². The molecule has 4 aromatic rings. The van der Waals surface area contributed by atoms with Crippen LogP contribution < -0.4 is 15.6 Å². The molecule has 1 aliphatic carbocycles. The average molecular weight is 476 g/mol. The van der Waals surface area contributed by atoms with Gasteiger partial charge in [0.1, 0.15) is 10.6 Å². The molecular formula is C28H33N3O2S. The van der Waals surface area contributed by atoms with Crippen molar-refractivity contribution < 1.29 is 4.74 Å². The molecule has 0 saturated heterocycles. The summed E-state index contributed by atoms with van der Waals surface area (Å²) in [6, 6.07) is 12.2. The van der Waals surface area contributed by atoms with E-state index in [0.29, 0.717) is 6.54 Å². The van der Waals surface area contributed by atoms with Gasteiger partial charge in [-0.05, 0) is 67.6 Å². The van der Waals surface area contributed by atoms with Gasteiger partial charge < -0.3 is 10.1 Å². The average Bonchev–Trinajstić information content (AvgIpc) is 3.20. The summed E-state index contributed by atoms with van der Waals surface area (Å²) < 4.78 is 7.36. The normalized spacial score (nSPS) is 14.8. The molecule has 5 nitrogen and oxygen atoms in total. The molecule has 0 unspecified atom stereocenters. The molecule has 2 aromatic heterocycles. The Morgan fingerprint density at radius 1 is 1.15 bits per heavy atom. The summed E-state index contributed by atoms with van der Waals surface area (Å²) in [5, 5.41) is 6.64. The van der Waals surface area contributed by atoms with Crippen molar-refractivity contribution in [3.05, 3.63) is 69.1 Å². The van der Waals surface area contributed by atoms with E-state index in [4.69, 9.17) is 4.74 Å². The maximum atomic E-state index is 13.5. The van der Waals surface area contributed by atoms with E-state index in [1.54, 1.807) is 29.3 Å². The number of hydrogen-bond donors (Lipinski definition) is 1. The fraction of sp³-hybridized carbons (Fsp3) is 0.429. The highest BCUT2D eigenvalue weighted by molar-refractivity contribution is 7.18. The van der Waals surface area contributed by atoms with Crippen molar-refractivity contribution in [1.82, 2.24) is 14.9 Å². The molecule has 0 spiro atoms. The predicted molar refractivity (Wildman–Crippen MR) is 141 cm³/mol. The van der Waals surface area contributed by atoms with Gasteiger partial charge in [-0.3, -0.25) is 9.36 Å². The summed E-state index contributed by atoms with van der Waals surface area (Å²) in [6.07, 6.45) is 9.51. The van der Waals surface area contributed by atoms with Gasteiger partial charge >= 0.3 is 0 Å². The fourth-order valence-corrected chi connectivity index (χ4v) is 6.43. The molecule has 2 aromatic carbocycles. The van der Waals surface area contributed by atoms with E-state index in [-0.39, 0.29) is 5.56 Å². The van der Waals surface area contributed by atoms with Crippen molar-refractivity contribution in [3.8, 4) is 5.75 Å².